The number of likely N-dealkylation sites (N-methyl/N-ethyl adjacent to an activating group) is 1. The van der Waals surface area contributed by atoms with Crippen molar-refractivity contribution in [2.45, 2.75) is 65.0 Å². The maximum absolute atomic E-state index is 12.4. The van der Waals surface area contributed by atoms with Crippen molar-refractivity contribution < 1.29 is 19.2 Å². The zero-order valence-electron chi connectivity index (χ0n) is 14.2. The second-order valence-corrected chi connectivity index (χ2v) is 5.80. The number of hydrogen-bond donors (Lipinski definition) is 2. The first-order valence-corrected chi connectivity index (χ1v) is 8.31. The van der Waals surface area contributed by atoms with Gasteiger partial charge in [0.25, 0.3) is 5.91 Å². The monoisotopic (exact) mass is 325 g/mol. The minimum atomic E-state index is -0.830. The first kappa shape index (κ1) is 19.1. The van der Waals surface area contributed by atoms with Gasteiger partial charge in [-0.3, -0.25) is 19.2 Å². The Balaban J connectivity index is 2.75. The third-order valence-electron chi connectivity index (χ3n) is 4.00. The van der Waals surface area contributed by atoms with E-state index in [4.69, 9.17) is 0 Å². The van der Waals surface area contributed by atoms with E-state index >= 15 is 0 Å². The molecule has 7 heteroatoms. The number of carbonyl (C=O) groups excluding carboxylic acids is 4. The Bertz CT molecular complexity index is 464. The highest BCUT2D eigenvalue weighted by Crippen LogP contribution is 2.18. The fourth-order valence-electron chi connectivity index (χ4n) is 2.77. The molecule has 0 spiro atoms. The molecule has 2 unspecified atom stereocenters. The second-order valence-electron chi connectivity index (χ2n) is 5.80. The van der Waals surface area contributed by atoms with E-state index in [1.165, 1.54) is 11.8 Å². The van der Waals surface area contributed by atoms with E-state index in [0.717, 1.165) is 19.3 Å². The third kappa shape index (κ3) is 5.33. The first-order chi connectivity index (χ1) is 10.9. The van der Waals surface area contributed by atoms with Crippen molar-refractivity contribution >= 4 is 23.5 Å². The number of ketones is 1. The molecule has 3 amide bonds. The first-order valence-electron chi connectivity index (χ1n) is 8.31. The topological polar surface area (TPSA) is 95.6 Å². The molecule has 23 heavy (non-hydrogen) atoms. The van der Waals surface area contributed by atoms with Crippen molar-refractivity contribution in [2.75, 3.05) is 13.1 Å². The molecule has 0 aromatic rings. The molecular weight excluding hydrogens is 298 g/mol. The molecule has 2 N–H and O–H groups in total. The zero-order valence-corrected chi connectivity index (χ0v) is 14.2. The van der Waals surface area contributed by atoms with Crippen LogP contribution >= 0.6 is 0 Å². The summed E-state index contributed by atoms with van der Waals surface area (Å²) in [7, 11) is 0. The lowest BCUT2D eigenvalue weighted by atomic mass is 10.0. The van der Waals surface area contributed by atoms with Crippen LogP contribution in [0.25, 0.3) is 0 Å². The van der Waals surface area contributed by atoms with Gasteiger partial charge >= 0.3 is 0 Å². The van der Waals surface area contributed by atoms with E-state index in [2.05, 4.69) is 10.6 Å². The fraction of sp³-hybridized carbons (Fsp3) is 0.750. The summed E-state index contributed by atoms with van der Waals surface area (Å²) in [5.41, 5.74) is 0. The van der Waals surface area contributed by atoms with Gasteiger partial charge in [-0.05, 0) is 26.2 Å². The molecule has 0 radical (unpaired) electrons. The lowest BCUT2D eigenvalue weighted by molar-refractivity contribution is -0.141. The summed E-state index contributed by atoms with van der Waals surface area (Å²) in [6, 6.07) is -1.37. The lowest BCUT2D eigenvalue weighted by Crippen LogP contribution is -2.53. The molecule has 2 atom stereocenters. The number of rotatable bonds is 8. The number of hydrogen-bond acceptors (Lipinski definition) is 4. The molecular formula is C16H27N3O4. The predicted molar refractivity (Wildman–Crippen MR) is 85.6 cm³/mol. The molecule has 1 aliphatic rings. The Morgan fingerprint density at radius 2 is 1.91 bits per heavy atom. The van der Waals surface area contributed by atoms with E-state index in [1.807, 2.05) is 6.92 Å². The Morgan fingerprint density at radius 1 is 1.22 bits per heavy atom. The van der Waals surface area contributed by atoms with Crippen LogP contribution in [-0.2, 0) is 19.2 Å². The maximum atomic E-state index is 12.4. The number of likely N-dealkylation sites (tertiary alicyclic amines) is 1. The Hall–Kier alpha value is -1.92. The summed E-state index contributed by atoms with van der Waals surface area (Å²) in [6.07, 6.45) is 3.36. The van der Waals surface area contributed by atoms with Crippen LogP contribution in [0.2, 0.25) is 0 Å². The van der Waals surface area contributed by atoms with Crippen LogP contribution in [0.4, 0.5) is 0 Å². The second kappa shape index (κ2) is 9.27. The van der Waals surface area contributed by atoms with E-state index in [9.17, 15) is 19.2 Å². The maximum Gasteiger partial charge on any atom is 0.289 e. The van der Waals surface area contributed by atoms with E-state index in [-0.39, 0.29) is 11.8 Å². The molecule has 130 valence electrons. The van der Waals surface area contributed by atoms with Crippen molar-refractivity contribution in [3.63, 3.8) is 0 Å². The summed E-state index contributed by atoms with van der Waals surface area (Å²) in [5, 5.41) is 5.14. The van der Waals surface area contributed by atoms with Crippen LogP contribution in [0.15, 0.2) is 0 Å². The highest BCUT2D eigenvalue weighted by molar-refractivity contribution is 6.38. The summed E-state index contributed by atoms with van der Waals surface area (Å²) in [4.78, 5) is 49.5. The van der Waals surface area contributed by atoms with Gasteiger partial charge in [0, 0.05) is 20.0 Å². The molecule has 1 saturated heterocycles. The van der Waals surface area contributed by atoms with Crippen molar-refractivity contribution in [2.24, 2.45) is 0 Å². The zero-order chi connectivity index (χ0) is 17.4. The van der Waals surface area contributed by atoms with Crippen LogP contribution in [0.5, 0.6) is 0 Å². The van der Waals surface area contributed by atoms with Crippen molar-refractivity contribution in [1.29, 1.82) is 0 Å². The van der Waals surface area contributed by atoms with Gasteiger partial charge in [-0.15, -0.1) is 0 Å². The minimum Gasteiger partial charge on any atom is -0.350 e. The standard InChI is InChI=1S/C16H27N3O4/c1-4-6-8-12(14(21)16(23)17-5-2)18-15(22)13-9-7-10-19(13)11(3)20/h12-13H,4-10H2,1-3H3,(H,17,23)(H,18,22). The molecule has 0 aromatic carbocycles. The smallest absolute Gasteiger partial charge is 0.289 e. The highest BCUT2D eigenvalue weighted by atomic mass is 16.2. The lowest BCUT2D eigenvalue weighted by Gasteiger charge is -2.25. The van der Waals surface area contributed by atoms with E-state index in [1.54, 1.807) is 6.92 Å². The quantitative estimate of drug-likeness (QED) is 0.631. The number of nitrogens with one attached hydrogen (secondary N) is 2. The van der Waals surface area contributed by atoms with Crippen molar-refractivity contribution in [3.8, 4) is 0 Å². The van der Waals surface area contributed by atoms with Gasteiger partial charge in [0.2, 0.25) is 17.6 Å². The van der Waals surface area contributed by atoms with Gasteiger partial charge < -0.3 is 15.5 Å². The molecule has 0 aromatic heterocycles. The predicted octanol–water partition coefficient (Wildman–Crippen LogP) is 0.378. The molecule has 0 aliphatic carbocycles. The third-order valence-corrected chi connectivity index (χ3v) is 4.00. The SMILES string of the molecule is CCCCC(NC(=O)C1CCCN1C(C)=O)C(=O)C(=O)NCC. The molecule has 7 nitrogen and oxygen atoms in total. The fourth-order valence-corrected chi connectivity index (χ4v) is 2.77. The van der Waals surface area contributed by atoms with Crippen molar-refractivity contribution in [1.82, 2.24) is 15.5 Å². The minimum absolute atomic E-state index is 0.150. The summed E-state index contributed by atoms with van der Waals surface area (Å²) >= 11 is 0. The Morgan fingerprint density at radius 3 is 2.48 bits per heavy atom. The van der Waals surface area contributed by atoms with Crippen LogP contribution in [0.3, 0.4) is 0 Å². The molecule has 1 aliphatic heterocycles. The molecule has 1 heterocycles. The number of nitrogens with zero attached hydrogens (tertiary/aromatic N) is 1. The molecule has 0 bridgehead atoms. The average Bonchev–Trinajstić information content (AvgIpc) is 3.00. The van der Waals surface area contributed by atoms with Gasteiger partial charge in [0.1, 0.15) is 6.04 Å². The van der Waals surface area contributed by atoms with Gasteiger partial charge in [0.05, 0.1) is 6.04 Å². The summed E-state index contributed by atoms with van der Waals surface area (Å²) in [5.74, 6) is -1.80. The summed E-state index contributed by atoms with van der Waals surface area (Å²) in [6.45, 7) is 6.05. The Labute approximate surface area is 137 Å². The molecule has 1 rings (SSSR count). The molecule has 0 saturated carbocycles. The van der Waals surface area contributed by atoms with Gasteiger partial charge in [-0.25, -0.2) is 0 Å². The highest BCUT2D eigenvalue weighted by Gasteiger charge is 2.35. The van der Waals surface area contributed by atoms with Crippen molar-refractivity contribution in [3.05, 3.63) is 0 Å². The van der Waals surface area contributed by atoms with E-state index in [0.29, 0.717) is 25.9 Å². The molecule has 1 fully saturated rings. The van der Waals surface area contributed by atoms with Crippen LogP contribution < -0.4 is 10.6 Å². The normalized spacial score (nSPS) is 18.4. The van der Waals surface area contributed by atoms with Crippen LogP contribution in [0.1, 0.15) is 52.9 Å². The number of amides is 3. The van der Waals surface area contributed by atoms with Crippen LogP contribution in [-0.4, -0.2) is 53.6 Å². The average molecular weight is 325 g/mol. The number of unbranched alkanes of at least 4 members (excludes halogenated alkanes) is 1. The van der Waals surface area contributed by atoms with Gasteiger partial charge in [-0.2, -0.15) is 0 Å². The number of carbonyl (C=O) groups is 4. The Kier molecular flexibility index (Phi) is 7.71. The summed E-state index contributed by atoms with van der Waals surface area (Å²) < 4.78 is 0. The van der Waals surface area contributed by atoms with Gasteiger partial charge in [0.15, 0.2) is 0 Å². The van der Waals surface area contributed by atoms with Crippen LogP contribution in [0, 0.1) is 0 Å². The largest absolute Gasteiger partial charge is 0.350 e. The van der Waals surface area contributed by atoms with Gasteiger partial charge in [-0.1, -0.05) is 19.8 Å². The van der Waals surface area contributed by atoms with E-state index < -0.39 is 23.8 Å². The number of Topliss-reactive ketones (excluding diaryl/α,β-unsaturated/α-hetero) is 1.